The van der Waals surface area contributed by atoms with Gasteiger partial charge in [0.2, 0.25) is 0 Å². The van der Waals surface area contributed by atoms with Crippen molar-refractivity contribution in [3.8, 4) is 0 Å². The molecule has 0 rings (SSSR count). The normalized spacial score (nSPS) is 11.9. The van der Waals surface area contributed by atoms with Crippen LogP contribution in [0.25, 0.3) is 0 Å². The molecule has 0 aromatic rings. The first-order valence-electron chi connectivity index (χ1n) is 5.48. The number of carboxylic acid groups (broad SMARTS) is 4. The molecular weight excluding hydrogens is 299 g/mol. The Labute approximate surface area is 142 Å². The van der Waals surface area contributed by atoms with Gasteiger partial charge in [0, 0.05) is 12.8 Å². The molecule has 0 saturated heterocycles. The monoisotopic (exact) mass is 318 g/mol. The van der Waals surface area contributed by atoms with Crippen molar-refractivity contribution >= 4 is 53.4 Å². The molecule has 11 heteroatoms. The molecule has 0 saturated carbocycles. The quantitative estimate of drug-likeness (QED) is 0.268. The molecule has 0 amide bonds. The summed E-state index contributed by atoms with van der Waals surface area (Å²) in [5, 5.41) is 32.5. The van der Waals surface area contributed by atoms with E-state index >= 15 is 0 Å². The number of nitrogens with two attached hydrogens (primary N) is 2. The summed E-state index contributed by atoms with van der Waals surface area (Å²) in [6, 6.07) is -2.12. The first-order chi connectivity index (χ1) is 9.07. The van der Waals surface area contributed by atoms with Crippen LogP contribution in [0.1, 0.15) is 25.7 Å². The Hall–Kier alpha value is -1.20. The molecule has 2 unspecified atom stereocenters. The minimum atomic E-state index is -1.17. The van der Waals surface area contributed by atoms with Gasteiger partial charge in [-0.15, -0.1) is 0 Å². The van der Waals surface area contributed by atoms with Gasteiger partial charge in [-0.1, -0.05) is 0 Å². The fourth-order valence-corrected chi connectivity index (χ4v) is 0.805. The van der Waals surface area contributed by atoms with E-state index in [4.69, 9.17) is 31.9 Å². The van der Waals surface area contributed by atoms with Crippen molar-refractivity contribution < 1.29 is 39.6 Å². The molecule has 0 radical (unpaired) electrons. The Morgan fingerprint density at radius 3 is 1.10 bits per heavy atom. The number of carbonyl (C=O) groups is 4. The van der Waals surface area contributed by atoms with Crippen LogP contribution in [-0.4, -0.2) is 85.9 Å². The maximum atomic E-state index is 9.99. The van der Waals surface area contributed by atoms with Crippen LogP contribution >= 0.6 is 0 Å². The van der Waals surface area contributed by atoms with Gasteiger partial charge in [-0.25, -0.2) is 0 Å². The first kappa shape index (κ1) is 24.8. The Bertz CT molecular complexity index is 329. The van der Waals surface area contributed by atoms with Gasteiger partial charge in [-0.05, 0) is 12.8 Å². The van der Waals surface area contributed by atoms with Crippen LogP contribution in [0.2, 0.25) is 0 Å². The van der Waals surface area contributed by atoms with Crippen molar-refractivity contribution in [3.05, 3.63) is 0 Å². The van der Waals surface area contributed by atoms with E-state index in [1.807, 2.05) is 0 Å². The van der Waals surface area contributed by atoms with Gasteiger partial charge in [0.25, 0.3) is 0 Å². The molecule has 0 heterocycles. The van der Waals surface area contributed by atoms with E-state index in [1.54, 1.807) is 0 Å². The summed E-state index contributed by atoms with van der Waals surface area (Å²) < 4.78 is 0. The average Bonchev–Trinajstić information content (AvgIpc) is 2.33. The molecule has 0 aliphatic heterocycles. The maximum absolute atomic E-state index is 9.99. The number of hydrogen-bond donors (Lipinski definition) is 6. The van der Waals surface area contributed by atoms with Crippen molar-refractivity contribution in [1.29, 1.82) is 0 Å². The van der Waals surface area contributed by atoms with E-state index in [9.17, 15) is 19.2 Å². The Morgan fingerprint density at radius 1 is 0.714 bits per heavy atom. The second kappa shape index (κ2) is 13.8. The molecular formula is C10H19N2NaO8. The van der Waals surface area contributed by atoms with Crippen LogP contribution in [-0.2, 0) is 19.2 Å². The fraction of sp³-hybridized carbons (Fsp3) is 0.600. The van der Waals surface area contributed by atoms with Crippen molar-refractivity contribution in [2.45, 2.75) is 37.8 Å². The van der Waals surface area contributed by atoms with Gasteiger partial charge in [-0.2, -0.15) is 0 Å². The van der Waals surface area contributed by atoms with Gasteiger partial charge < -0.3 is 31.9 Å². The van der Waals surface area contributed by atoms with E-state index in [0.717, 1.165) is 0 Å². The van der Waals surface area contributed by atoms with E-state index < -0.39 is 36.0 Å². The minimum absolute atomic E-state index is 0. The molecule has 21 heavy (non-hydrogen) atoms. The predicted octanol–water partition coefficient (Wildman–Crippen LogP) is -2.12. The van der Waals surface area contributed by atoms with Gasteiger partial charge >= 0.3 is 53.4 Å². The second-order valence-corrected chi connectivity index (χ2v) is 3.75. The van der Waals surface area contributed by atoms with Gasteiger partial charge in [0.15, 0.2) is 0 Å². The summed E-state index contributed by atoms with van der Waals surface area (Å²) in [5.74, 6) is -4.39. The first-order valence-corrected chi connectivity index (χ1v) is 5.48. The van der Waals surface area contributed by atoms with E-state index in [-0.39, 0.29) is 55.2 Å². The predicted molar refractivity (Wildman–Crippen MR) is 72.1 cm³/mol. The summed E-state index contributed by atoms with van der Waals surface area (Å²) in [6.07, 6.45) is -0.448. The van der Waals surface area contributed by atoms with E-state index in [0.29, 0.717) is 0 Å². The zero-order valence-corrected chi connectivity index (χ0v) is 10.6. The second-order valence-electron chi connectivity index (χ2n) is 3.75. The molecule has 2 atom stereocenters. The van der Waals surface area contributed by atoms with Crippen LogP contribution in [0.5, 0.6) is 0 Å². The molecule has 0 aliphatic rings. The van der Waals surface area contributed by atoms with Crippen molar-refractivity contribution in [3.63, 3.8) is 0 Å². The van der Waals surface area contributed by atoms with Gasteiger partial charge in [0.05, 0.1) is 0 Å². The van der Waals surface area contributed by atoms with Crippen LogP contribution in [0.15, 0.2) is 0 Å². The molecule has 0 spiro atoms. The van der Waals surface area contributed by atoms with Crippen LogP contribution in [0.3, 0.4) is 0 Å². The van der Waals surface area contributed by atoms with Crippen molar-refractivity contribution in [2.75, 3.05) is 0 Å². The van der Waals surface area contributed by atoms with Crippen LogP contribution in [0, 0.1) is 0 Å². The van der Waals surface area contributed by atoms with Crippen LogP contribution < -0.4 is 11.5 Å². The molecule has 118 valence electrons. The zero-order chi connectivity index (χ0) is 16.3. The van der Waals surface area contributed by atoms with Crippen molar-refractivity contribution in [2.24, 2.45) is 11.5 Å². The Morgan fingerprint density at radius 2 is 0.952 bits per heavy atom. The number of carboxylic acids is 4. The van der Waals surface area contributed by atoms with Crippen molar-refractivity contribution in [1.82, 2.24) is 0 Å². The van der Waals surface area contributed by atoms with Gasteiger partial charge in [-0.3, -0.25) is 19.2 Å². The van der Waals surface area contributed by atoms with Gasteiger partial charge in [0.1, 0.15) is 12.1 Å². The molecule has 0 aliphatic carbocycles. The molecule has 0 bridgehead atoms. The SMILES string of the molecule is NC(CCC(=O)O)C(=O)O.NC(CCC(=O)O)C(=O)O.[NaH]. The van der Waals surface area contributed by atoms with E-state index in [1.165, 1.54) is 0 Å². The Balaban J connectivity index is -0.000000295. The third-order valence-electron chi connectivity index (χ3n) is 1.97. The fourth-order valence-electron chi connectivity index (χ4n) is 0.805. The number of aliphatic carboxylic acids is 4. The molecule has 0 aromatic heterocycles. The summed E-state index contributed by atoms with van der Waals surface area (Å²) in [5.41, 5.74) is 10.0. The zero-order valence-electron chi connectivity index (χ0n) is 10.6. The molecule has 8 N–H and O–H groups in total. The summed E-state index contributed by atoms with van der Waals surface area (Å²) >= 11 is 0. The summed E-state index contributed by atoms with van der Waals surface area (Å²) in [4.78, 5) is 39.7. The summed E-state index contributed by atoms with van der Waals surface area (Å²) in [6.45, 7) is 0. The van der Waals surface area contributed by atoms with E-state index in [2.05, 4.69) is 0 Å². The van der Waals surface area contributed by atoms with Crippen LogP contribution in [0.4, 0.5) is 0 Å². The standard InChI is InChI=1S/2C5H9NO4.Na.H/c2*6-3(5(9)10)1-2-4(7)8;;/h2*3H,1-2,6H2,(H,7,8)(H,9,10);;. The number of hydrogen-bond acceptors (Lipinski definition) is 6. The molecule has 0 aromatic carbocycles. The molecule has 0 fully saturated rings. The topological polar surface area (TPSA) is 201 Å². The number of rotatable bonds is 8. The third kappa shape index (κ3) is 18.8. The third-order valence-corrected chi connectivity index (χ3v) is 1.97. The summed E-state index contributed by atoms with van der Waals surface area (Å²) in [7, 11) is 0. The Kier molecular flexibility index (Phi) is 16.3. The molecule has 10 nitrogen and oxygen atoms in total. The average molecular weight is 318 g/mol.